The summed E-state index contributed by atoms with van der Waals surface area (Å²) in [5.74, 6) is 1.60. The van der Waals surface area contributed by atoms with Gasteiger partial charge in [0.25, 0.3) is 0 Å². The molecule has 0 heterocycles. The molecule has 0 radical (unpaired) electrons. The lowest BCUT2D eigenvalue weighted by molar-refractivity contribution is 0.139. The Morgan fingerprint density at radius 3 is 2.14 bits per heavy atom. The number of likely N-dealkylation sites (N-methyl/N-ethyl adjacent to an activating group) is 1. The predicted octanol–water partition coefficient (Wildman–Crippen LogP) is 4.30. The van der Waals surface area contributed by atoms with Crippen molar-refractivity contribution in [2.45, 2.75) is 52.5 Å². The maximum atomic E-state index is 6.12. The lowest BCUT2D eigenvalue weighted by Crippen LogP contribution is -2.45. The minimum absolute atomic E-state index is 0.453. The van der Waals surface area contributed by atoms with Crippen LogP contribution in [0.25, 0.3) is 0 Å². The second-order valence-corrected chi connectivity index (χ2v) is 7.73. The summed E-state index contributed by atoms with van der Waals surface area (Å²) in [4.78, 5) is 2.39. The molecule has 0 aromatic heterocycles. The lowest BCUT2D eigenvalue weighted by Gasteiger charge is -2.42. The van der Waals surface area contributed by atoms with E-state index in [0.717, 1.165) is 18.4 Å². The number of nitrogens with two attached hydrogens (primary N) is 1. The van der Waals surface area contributed by atoms with Crippen LogP contribution >= 0.6 is 0 Å². The first-order chi connectivity index (χ1) is 9.93. The molecule has 118 valence electrons. The van der Waals surface area contributed by atoms with Gasteiger partial charge in [-0.15, -0.1) is 0 Å². The third kappa shape index (κ3) is 4.00. The van der Waals surface area contributed by atoms with E-state index in [4.69, 9.17) is 5.73 Å². The Labute approximate surface area is 130 Å². The van der Waals surface area contributed by atoms with Crippen LogP contribution in [0.5, 0.6) is 0 Å². The third-order valence-electron chi connectivity index (χ3n) is 5.44. The summed E-state index contributed by atoms with van der Waals surface area (Å²) in [6.45, 7) is 7.90. The molecular formula is C19H32N2. The Hall–Kier alpha value is -1.02. The molecule has 2 nitrogen and oxygen atoms in total. The van der Waals surface area contributed by atoms with E-state index in [0.29, 0.717) is 11.5 Å². The van der Waals surface area contributed by atoms with Crippen LogP contribution in [0.4, 0.5) is 5.69 Å². The molecule has 1 fully saturated rings. The van der Waals surface area contributed by atoms with E-state index in [9.17, 15) is 0 Å². The lowest BCUT2D eigenvalue weighted by atomic mass is 9.68. The van der Waals surface area contributed by atoms with Gasteiger partial charge < -0.3 is 10.6 Å². The first-order valence-electron chi connectivity index (χ1n) is 8.41. The molecule has 0 aliphatic heterocycles. The van der Waals surface area contributed by atoms with Crippen molar-refractivity contribution in [3.8, 4) is 0 Å². The first-order valence-corrected chi connectivity index (χ1v) is 8.41. The van der Waals surface area contributed by atoms with Crippen molar-refractivity contribution < 1.29 is 0 Å². The SMILES string of the molecule is CN(c1ccccc1)C(CN)C1CCC(C(C)(C)C)CC1. The second kappa shape index (κ2) is 6.83. The maximum Gasteiger partial charge on any atom is 0.0437 e. The molecule has 0 bridgehead atoms. The van der Waals surface area contributed by atoms with Gasteiger partial charge in [-0.3, -0.25) is 0 Å². The molecule has 2 N–H and O–H groups in total. The normalized spacial score (nSPS) is 24.6. The fraction of sp³-hybridized carbons (Fsp3) is 0.684. The van der Waals surface area contributed by atoms with Gasteiger partial charge in [-0.1, -0.05) is 39.0 Å². The van der Waals surface area contributed by atoms with Crippen molar-refractivity contribution >= 4 is 5.69 Å². The maximum absolute atomic E-state index is 6.12. The van der Waals surface area contributed by atoms with Crippen LogP contribution in [-0.2, 0) is 0 Å². The van der Waals surface area contributed by atoms with Gasteiger partial charge in [-0.05, 0) is 55.1 Å². The number of rotatable bonds is 4. The summed E-state index contributed by atoms with van der Waals surface area (Å²) in [5, 5.41) is 0. The molecular weight excluding hydrogens is 256 g/mol. The van der Waals surface area contributed by atoms with Crippen molar-refractivity contribution in [1.29, 1.82) is 0 Å². The Morgan fingerprint density at radius 2 is 1.67 bits per heavy atom. The van der Waals surface area contributed by atoms with E-state index >= 15 is 0 Å². The quantitative estimate of drug-likeness (QED) is 0.895. The Kier molecular flexibility index (Phi) is 5.32. The predicted molar refractivity (Wildman–Crippen MR) is 92.6 cm³/mol. The standard InChI is InChI=1S/C19H32N2/c1-19(2,3)16-12-10-15(11-13-16)18(14-20)21(4)17-8-6-5-7-9-17/h5-9,15-16,18H,10-14,20H2,1-4H3. The summed E-state index contributed by atoms with van der Waals surface area (Å²) in [5.41, 5.74) is 7.86. The van der Waals surface area contributed by atoms with E-state index in [2.05, 4.69) is 63.1 Å². The molecule has 21 heavy (non-hydrogen) atoms. The van der Waals surface area contributed by atoms with Crippen molar-refractivity contribution in [2.75, 3.05) is 18.5 Å². The number of hydrogen-bond donors (Lipinski definition) is 1. The average molecular weight is 288 g/mol. The zero-order valence-corrected chi connectivity index (χ0v) is 14.2. The van der Waals surface area contributed by atoms with E-state index in [1.807, 2.05) is 0 Å². The van der Waals surface area contributed by atoms with Crippen molar-refractivity contribution in [1.82, 2.24) is 0 Å². The van der Waals surface area contributed by atoms with Crippen LogP contribution < -0.4 is 10.6 Å². The summed E-state index contributed by atoms with van der Waals surface area (Å²) in [7, 11) is 2.20. The van der Waals surface area contributed by atoms with Crippen molar-refractivity contribution in [2.24, 2.45) is 23.0 Å². The monoisotopic (exact) mass is 288 g/mol. The van der Waals surface area contributed by atoms with E-state index < -0.39 is 0 Å². The number of para-hydroxylation sites is 1. The van der Waals surface area contributed by atoms with Crippen molar-refractivity contribution in [3.05, 3.63) is 30.3 Å². The highest BCUT2D eigenvalue weighted by atomic mass is 15.1. The molecule has 0 amide bonds. The molecule has 1 unspecified atom stereocenters. The zero-order valence-electron chi connectivity index (χ0n) is 14.2. The van der Waals surface area contributed by atoms with Gasteiger partial charge in [-0.25, -0.2) is 0 Å². The summed E-state index contributed by atoms with van der Waals surface area (Å²) >= 11 is 0. The van der Waals surface area contributed by atoms with Gasteiger partial charge in [-0.2, -0.15) is 0 Å². The second-order valence-electron chi connectivity index (χ2n) is 7.73. The van der Waals surface area contributed by atoms with Crippen LogP contribution in [0.1, 0.15) is 46.5 Å². The number of benzene rings is 1. The fourth-order valence-corrected chi connectivity index (χ4v) is 3.89. The smallest absolute Gasteiger partial charge is 0.0437 e. The highest BCUT2D eigenvalue weighted by Gasteiger charge is 2.33. The molecule has 1 aliphatic carbocycles. The molecule has 2 heteroatoms. The van der Waals surface area contributed by atoms with Gasteiger partial charge >= 0.3 is 0 Å². The number of anilines is 1. The molecule has 1 aromatic rings. The molecule has 1 aliphatic rings. The molecule has 2 rings (SSSR count). The van der Waals surface area contributed by atoms with Crippen LogP contribution in [0.3, 0.4) is 0 Å². The van der Waals surface area contributed by atoms with Crippen LogP contribution in [0.2, 0.25) is 0 Å². The molecule has 0 spiro atoms. The Balaban J connectivity index is 2.00. The number of nitrogens with zero attached hydrogens (tertiary/aromatic N) is 1. The highest BCUT2D eigenvalue weighted by molar-refractivity contribution is 5.46. The van der Waals surface area contributed by atoms with Gasteiger partial charge in [0.15, 0.2) is 0 Å². The summed E-state index contributed by atoms with van der Waals surface area (Å²) in [6, 6.07) is 11.1. The van der Waals surface area contributed by atoms with Gasteiger partial charge in [0.1, 0.15) is 0 Å². The molecule has 0 saturated heterocycles. The van der Waals surface area contributed by atoms with E-state index in [-0.39, 0.29) is 0 Å². The number of hydrogen-bond acceptors (Lipinski definition) is 2. The van der Waals surface area contributed by atoms with Crippen molar-refractivity contribution in [3.63, 3.8) is 0 Å². The first kappa shape index (κ1) is 16.4. The topological polar surface area (TPSA) is 29.3 Å². The van der Waals surface area contributed by atoms with Gasteiger partial charge in [0.2, 0.25) is 0 Å². The highest BCUT2D eigenvalue weighted by Crippen LogP contribution is 2.41. The minimum Gasteiger partial charge on any atom is -0.370 e. The molecule has 1 saturated carbocycles. The third-order valence-corrected chi connectivity index (χ3v) is 5.44. The minimum atomic E-state index is 0.453. The van der Waals surface area contributed by atoms with Crippen LogP contribution in [0, 0.1) is 17.3 Å². The van der Waals surface area contributed by atoms with Gasteiger partial charge in [0.05, 0.1) is 0 Å². The van der Waals surface area contributed by atoms with E-state index in [1.165, 1.54) is 31.4 Å². The molecule has 1 aromatic carbocycles. The Morgan fingerprint density at radius 1 is 1.10 bits per heavy atom. The Bertz CT molecular complexity index is 413. The summed E-state index contributed by atoms with van der Waals surface area (Å²) < 4.78 is 0. The largest absolute Gasteiger partial charge is 0.370 e. The molecule has 1 atom stereocenters. The summed E-state index contributed by atoms with van der Waals surface area (Å²) in [6.07, 6.45) is 5.35. The fourth-order valence-electron chi connectivity index (χ4n) is 3.89. The van der Waals surface area contributed by atoms with Crippen LogP contribution in [-0.4, -0.2) is 19.6 Å². The average Bonchev–Trinajstić information content (AvgIpc) is 2.48. The zero-order chi connectivity index (χ0) is 15.5. The van der Waals surface area contributed by atoms with Gasteiger partial charge in [0, 0.05) is 25.3 Å². The van der Waals surface area contributed by atoms with E-state index in [1.54, 1.807) is 0 Å². The van der Waals surface area contributed by atoms with Crippen LogP contribution in [0.15, 0.2) is 30.3 Å².